The van der Waals surface area contributed by atoms with Gasteiger partial charge in [-0.15, -0.1) is 0 Å². The van der Waals surface area contributed by atoms with Crippen molar-refractivity contribution in [3.05, 3.63) is 95.1 Å². The predicted molar refractivity (Wildman–Crippen MR) is 163 cm³/mol. The van der Waals surface area contributed by atoms with Crippen molar-refractivity contribution >= 4 is 0 Å². The Kier molecular flexibility index (Phi) is 8.75. The number of ether oxygens (including phenoxy) is 2. The standard InChI is InChI=1S/C36H40N4O2/c37-24-28-10-14-33(15-11-28)41-22-5-19-39-26-32(27-39)36(31-7-2-3-8-31)35-9-4-1-6-30(35)18-20-40(36)21-23-42-34-16-12-29(25-38)13-17-34/h1,4,6,9-17,31-32H,2-3,5,7-8,18-23,26-27H2. The average Bonchev–Trinajstić information content (AvgIpc) is 3.56. The second-order valence-corrected chi connectivity index (χ2v) is 12.0. The molecule has 2 aliphatic heterocycles. The first kappa shape index (κ1) is 28.3. The van der Waals surface area contributed by atoms with E-state index in [1.807, 2.05) is 36.4 Å². The van der Waals surface area contributed by atoms with Crippen LogP contribution in [0.3, 0.4) is 0 Å². The summed E-state index contributed by atoms with van der Waals surface area (Å²) in [4.78, 5) is 5.40. The summed E-state index contributed by atoms with van der Waals surface area (Å²) in [6.45, 7) is 6.58. The molecular formula is C36H40N4O2. The first-order chi connectivity index (χ1) is 20.7. The molecule has 2 heterocycles. The second kappa shape index (κ2) is 13.0. The van der Waals surface area contributed by atoms with Gasteiger partial charge in [-0.25, -0.2) is 0 Å². The molecule has 2 fully saturated rings. The summed E-state index contributed by atoms with van der Waals surface area (Å²) in [6, 6.07) is 28.4. The predicted octanol–water partition coefficient (Wildman–Crippen LogP) is 6.15. The maximum atomic E-state index is 9.12. The largest absolute Gasteiger partial charge is 0.494 e. The first-order valence-electron chi connectivity index (χ1n) is 15.5. The summed E-state index contributed by atoms with van der Waals surface area (Å²) in [7, 11) is 0. The zero-order chi connectivity index (χ0) is 28.8. The van der Waals surface area contributed by atoms with E-state index in [0.29, 0.717) is 36.2 Å². The lowest BCUT2D eigenvalue weighted by atomic mass is 9.62. The van der Waals surface area contributed by atoms with Crippen LogP contribution in [0.1, 0.15) is 54.4 Å². The molecule has 0 radical (unpaired) electrons. The Morgan fingerprint density at radius 1 is 0.738 bits per heavy atom. The topological polar surface area (TPSA) is 72.5 Å². The van der Waals surface area contributed by atoms with Crippen molar-refractivity contribution in [3.63, 3.8) is 0 Å². The van der Waals surface area contributed by atoms with Gasteiger partial charge >= 0.3 is 0 Å². The van der Waals surface area contributed by atoms with Gasteiger partial charge in [0, 0.05) is 38.6 Å². The molecule has 0 amide bonds. The van der Waals surface area contributed by atoms with Crippen molar-refractivity contribution in [2.24, 2.45) is 11.8 Å². The van der Waals surface area contributed by atoms with Gasteiger partial charge in [-0.2, -0.15) is 10.5 Å². The first-order valence-corrected chi connectivity index (χ1v) is 15.5. The van der Waals surface area contributed by atoms with E-state index in [-0.39, 0.29) is 5.54 Å². The van der Waals surface area contributed by atoms with E-state index in [9.17, 15) is 0 Å². The van der Waals surface area contributed by atoms with E-state index in [4.69, 9.17) is 20.0 Å². The zero-order valence-electron chi connectivity index (χ0n) is 24.4. The molecular weight excluding hydrogens is 520 g/mol. The summed E-state index contributed by atoms with van der Waals surface area (Å²) >= 11 is 0. The van der Waals surface area contributed by atoms with Crippen LogP contribution < -0.4 is 9.47 Å². The number of rotatable bonds is 11. The molecule has 6 nitrogen and oxygen atoms in total. The van der Waals surface area contributed by atoms with Crippen LogP contribution in [0.25, 0.3) is 0 Å². The van der Waals surface area contributed by atoms with Crippen molar-refractivity contribution in [2.75, 3.05) is 45.9 Å². The molecule has 1 saturated heterocycles. The molecule has 42 heavy (non-hydrogen) atoms. The number of fused-ring (bicyclic) bond motifs is 1. The average molecular weight is 561 g/mol. The lowest BCUT2D eigenvalue weighted by molar-refractivity contribution is -0.0965. The van der Waals surface area contributed by atoms with Crippen molar-refractivity contribution in [1.82, 2.24) is 9.80 Å². The minimum atomic E-state index is 0.0505. The summed E-state index contributed by atoms with van der Waals surface area (Å²) in [5, 5.41) is 18.1. The van der Waals surface area contributed by atoms with Crippen LogP contribution in [-0.2, 0) is 12.0 Å². The fraction of sp³-hybridized carbons (Fsp3) is 0.444. The van der Waals surface area contributed by atoms with Gasteiger partial charge in [0.25, 0.3) is 0 Å². The van der Waals surface area contributed by atoms with Crippen molar-refractivity contribution < 1.29 is 9.47 Å². The van der Waals surface area contributed by atoms with E-state index in [1.165, 1.54) is 31.2 Å². The highest BCUT2D eigenvalue weighted by Crippen LogP contribution is 2.54. The summed E-state index contributed by atoms with van der Waals surface area (Å²) in [5.41, 5.74) is 4.46. The number of likely N-dealkylation sites (tertiary alicyclic amines) is 1. The van der Waals surface area contributed by atoms with Crippen LogP contribution in [0.15, 0.2) is 72.8 Å². The summed E-state index contributed by atoms with van der Waals surface area (Å²) in [6.07, 6.45) is 7.33. The number of hydrogen-bond donors (Lipinski definition) is 0. The van der Waals surface area contributed by atoms with Gasteiger partial charge in [-0.05, 0) is 91.3 Å². The highest BCUT2D eigenvalue weighted by molar-refractivity contribution is 5.40. The van der Waals surface area contributed by atoms with Crippen molar-refractivity contribution in [3.8, 4) is 23.6 Å². The van der Waals surface area contributed by atoms with Gasteiger partial charge < -0.3 is 14.4 Å². The maximum absolute atomic E-state index is 9.12. The lowest BCUT2D eigenvalue weighted by Gasteiger charge is -2.60. The molecule has 6 rings (SSSR count). The molecule has 6 heteroatoms. The number of hydrogen-bond acceptors (Lipinski definition) is 6. The van der Waals surface area contributed by atoms with Gasteiger partial charge in [0.1, 0.15) is 18.1 Å². The van der Waals surface area contributed by atoms with Gasteiger partial charge in [-0.3, -0.25) is 4.90 Å². The van der Waals surface area contributed by atoms with Crippen LogP contribution in [0.4, 0.5) is 0 Å². The molecule has 0 spiro atoms. The molecule has 0 bridgehead atoms. The summed E-state index contributed by atoms with van der Waals surface area (Å²) in [5.74, 6) is 2.92. The lowest BCUT2D eigenvalue weighted by Crippen LogP contribution is -2.67. The van der Waals surface area contributed by atoms with Crippen molar-refractivity contribution in [1.29, 1.82) is 10.5 Å². The quantitative estimate of drug-likeness (QED) is 0.262. The second-order valence-electron chi connectivity index (χ2n) is 12.0. The Balaban J connectivity index is 1.13. The van der Waals surface area contributed by atoms with Gasteiger partial charge in [0.05, 0.1) is 35.4 Å². The minimum Gasteiger partial charge on any atom is -0.494 e. The number of nitriles is 2. The molecule has 0 N–H and O–H groups in total. The zero-order valence-corrected chi connectivity index (χ0v) is 24.4. The van der Waals surface area contributed by atoms with Crippen LogP contribution >= 0.6 is 0 Å². The molecule has 1 atom stereocenters. The fourth-order valence-electron chi connectivity index (χ4n) is 7.73. The Morgan fingerprint density at radius 3 is 2.00 bits per heavy atom. The smallest absolute Gasteiger partial charge is 0.119 e. The molecule has 3 aromatic rings. The summed E-state index contributed by atoms with van der Waals surface area (Å²) < 4.78 is 12.2. The molecule has 1 aliphatic carbocycles. The van der Waals surface area contributed by atoms with Gasteiger partial charge in [0.2, 0.25) is 0 Å². The molecule has 0 aromatic heterocycles. The SMILES string of the molecule is N#Cc1ccc(OCCCN2CC(C3(C4CCCC4)c4ccccc4CCN3CCOc3ccc(C#N)cc3)C2)cc1. The van der Waals surface area contributed by atoms with E-state index >= 15 is 0 Å². The molecule has 3 aliphatic rings. The van der Waals surface area contributed by atoms with Crippen LogP contribution in [0.2, 0.25) is 0 Å². The Bertz CT molecular complexity index is 1410. The third-order valence-electron chi connectivity index (χ3n) is 9.66. The highest BCUT2D eigenvalue weighted by Gasteiger charge is 2.56. The normalized spacial score (nSPS) is 21.2. The van der Waals surface area contributed by atoms with Gasteiger partial charge in [0.15, 0.2) is 0 Å². The van der Waals surface area contributed by atoms with Crippen LogP contribution in [0.5, 0.6) is 11.5 Å². The molecule has 1 saturated carbocycles. The number of benzene rings is 3. The van der Waals surface area contributed by atoms with Crippen LogP contribution in [-0.4, -0.2) is 55.7 Å². The van der Waals surface area contributed by atoms with Crippen molar-refractivity contribution in [2.45, 2.75) is 44.1 Å². The van der Waals surface area contributed by atoms with E-state index in [1.54, 1.807) is 17.7 Å². The van der Waals surface area contributed by atoms with E-state index in [2.05, 4.69) is 46.2 Å². The third-order valence-corrected chi connectivity index (χ3v) is 9.66. The number of nitrogens with zero attached hydrogens (tertiary/aromatic N) is 4. The van der Waals surface area contributed by atoms with E-state index in [0.717, 1.165) is 57.1 Å². The fourth-order valence-corrected chi connectivity index (χ4v) is 7.73. The molecule has 1 unspecified atom stereocenters. The van der Waals surface area contributed by atoms with Crippen LogP contribution in [0, 0.1) is 34.5 Å². The Morgan fingerprint density at radius 2 is 1.36 bits per heavy atom. The monoisotopic (exact) mass is 560 g/mol. The molecule has 3 aromatic carbocycles. The third kappa shape index (κ3) is 5.75. The molecule has 216 valence electrons. The minimum absolute atomic E-state index is 0.0505. The highest BCUT2D eigenvalue weighted by atomic mass is 16.5. The maximum Gasteiger partial charge on any atom is 0.119 e. The Labute approximate surface area is 250 Å². The van der Waals surface area contributed by atoms with Gasteiger partial charge in [-0.1, -0.05) is 37.1 Å². The Hall–Kier alpha value is -3.84. The van der Waals surface area contributed by atoms with E-state index < -0.39 is 0 Å².